The number of aliphatic imine (C=N–C) groups is 1. The van der Waals surface area contributed by atoms with Gasteiger partial charge >= 0.3 is 0 Å². The van der Waals surface area contributed by atoms with Crippen molar-refractivity contribution in [2.45, 2.75) is 58.4 Å². The smallest absolute Gasteiger partial charge is 0.234 e. The molecule has 0 unspecified atom stereocenters. The summed E-state index contributed by atoms with van der Waals surface area (Å²) in [5, 5.41) is 9.80. The number of piperidine rings is 1. The van der Waals surface area contributed by atoms with E-state index in [1.807, 2.05) is 13.0 Å². The SMILES string of the molecule is CCCNC(=O)CN1CCC(NC(=NCC(C)(C)c2cccc(F)c2)NCC)CC1.I. The van der Waals surface area contributed by atoms with Crippen LogP contribution in [0.3, 0.4) is 0 Å². The number of carbonyl (C=O) groups excluding carboxylic acids is 1. The summed E-state index contributed by atoms with van der Waals surface area (Å²) < 4.78 is 13.6. The van der Waals surface area contributed by atoms with E-state index in [-0.39, 0.29) is 41.1 Å². The Balaban J connectivity index is 0.00000480. The maximum absolute atomic E-state index is 13.6. The van der Waals surface area contributed by atoms with E-state index in [4.69, 9.17) is 4.99 Å². The van der Waals surface area contributed by atoms with Gasteiger partial charge in [-0.05, 0) is 43.9 Å². The summed E-state index contributed by atoms with van der Waals surface area (Å²) in [6.45, 7) is 12.6. The number of halogens is 2. The Morgan fingerprint density at radius 2 is 1.94 bits per heavy atom. The van der Waals surface area contributed by atoms with Crippen molar-refractivity contribution in [1.29, 1.82) is 0 Å². The fraction of sp³-hybridized carbons (Fsp3) is 0.652. The van der Waals surface area contributed by atoms with Crippen molar-refractivity contribution in [3.63, 3.8) is 0 Å². The van der Waals surface area contributed by atoms with Gasteiger partial charge < -0.3 is 16.0 Å². The van der Waals surface area contributed by atoms with Crippen molar-refractivity contribution in [3.05, 3.63) is 35.6 Å². The van der Waals surface area contributed by atoms with E-state index in [1.54, 1.807) is 12.1 Å². The number of amides is 1. The second-order valence-electron chi connectivity index (χ2n) is 8.63. The molecule has 176 valence electrons. The topological polar surface area (TPSA) is 68.8 Å². The van der Waals surface area contributed by atoms with Gasteiger partial charge in [-0.15, -0.1) is 24.0 Å². The van der Waals surface area contributed by atoms with Gasteiger partial charge in [0.1, 0.15) is 5.82 Å². The molecule has 1 aromatic carbocycles. The monoisotopic (exact) mass is 547 g/mol. The number of carbonyl (C=O) groups is 1. The van der Waals surface area contributed by atoms with E-state index in [2.05, 4.69) is 41.6 Å². The van der Waals surface area contributed by atoms with Crippen LogP contribution in [0.4, 0.5) is 4.39 Å². The van der Waals surface area contributed by atoms with Gasteiger partial charge in [-0.25, -0.2) is 4.39 Å². The minimum atomic E-state index is -0.264. The van der Waals surface area contributed by atoms with Gasteiger partial charge in [0, 0.05) is 37.6 Å². The Hall–Kier alpha value is -1.42. The van der Waals surface area contributed by atoms with Crippen LogP contribution in [-0.4, -0.2) is 62.1 Å². The lowest BCUT2D eigenvalue weighted by Crippen LogP contribution is -2.50. The van der Waals surface area contributed by atoms with Crippen LogP contribution in [0.1, 0.15) is 52.5 Å². The zero-order valence-electron chi connectivity index (χ0n) is 19.3. The molecule has 1 amide bonds. The van der Waals surface area contributed by atoms with Crippen LogP contribution in [0.5, 0.6) is 0 Å². The molecule has 31 heavy (non-hydrogen) atoms. The van der Waals surface area contributed by atoms with Crippen LogP contribution >= 0.6 is 24.0 Å². The van der Waals surface area contributed by atoms with Crippen molar-refractivity contribution in [3.8, 4) is 0 Å². The number of nitrogens with one attached hydrogen (secondary N) is 3. The average Bonchev–Trinajstić information content (AvgIpc) is 2.72. The lowest BCUT2D eigenvalue weighted by molar-refractivity contribution is -0.122. The first-order valence-corrected chi connectivity index (χ1v) is 11.1. The van der Waals surface area contributed by atoms with Crippen LogP contribution in [-0.2, 0) is 10.2 Å². The number of nitrogens with zero attached hydrogens (tertiary/aromatic N) is 2. The van der Waals surface area contributed by atoms with Gasteiger partial charge in [0.2, 0.25) is 5.91 Å². The van der Waals surface area contributed by atoms with E-state index in [0.29, 0.717) is 19.1 Å². The minimum absolute atomic E-state index is 0. The Kier molecular flexibility index (Phi) is 12.4. The maximum atomic E-state index is 13.6. The van der Waals surface area contributed by atoms with Gasteiger partial charge in [0.25, 0.3) is 0 Å². The summed E-state index contributed by atoms with van der Waals surface area (Å²) in [6.07, 6.45) is 2.90. The maximum Gasteiger partial charge on any atom is 0.234 e. The Morgan fingerprint density at radius 1 is 1.23 bits per heavy atom. The lowest BCUT2D eigenvalue weighted by atomic mass is 9.85. The van der Waals surface area contributed by atoms with Crippen molar-refractivity contribution in [2.24, 2.45) is 4.99 Å². The molecule has 1 fully saturated rings. The Bertz CT molecular complexity index is 705. The largest absolute Gasteiger partial charge is 0.357 e. The molecule has 0 bridgehead atoms. The molecule has 3 N–H and O–H groups in total. The fourth-order valence-electron chi connectivity index (χ4n) is 3.55. The molecule has 0 aliphatic carbocycles. The molecule has 0 aromatic heterocycles. The van der Waals surface area contributed by atoms with Crippen LogP contribution in [0, 0.1) is 5.82 Å². The molecule has 2 rings (SSSR count). The number of likely N-dealkylation sites (tertiary alicyclic amines) is 1. The van der Waals surface area contributed by atoms with Crippen molar-refractivity contribution in [2.75, 3.05) is 39.3 Å². The van der Waals surface area contributed by atoms with Gasteiger partial charge in [0.15, 0.2) is 5.96 Å². The van der Waals surface area contributed by atoms with Crippen LogP contribution < -0.4 is 16.0 Å². The lowest BCUT2D eigenvalue weighted by Gasteiger charge is -2.33. The second kappa shape index (κ2) is 13.9. The predicted octanol–water partition coefficient (Wildman–Crippen LogP) is 3.27. The molecule has 1 aromatic rings. The molecule has 1 heterocycles. The van der Waals surface area contributed by atoms with Gasteiger partial charge in [-0.2, -0.15) is 0 Å². The molecule has 1 aliphatic rings. The first-order chi connectivity index (χ1) is 14.3. The predicted molar refractivity (Wildman–Crippen MR) is 137 cm³/mol. The summed E-state index contributed by atoms with van der Waals surface area (Å²) in [7, 11) is 0. The van der Waals surface area contributed by atoms with Crippen LogP contribution in [0.2, 0.25) is 0 Å². The zero-order valence-corrected chi connectivity index (χ0v) is 21.7. The normalized spacial score (nSPS) is 15.8. The molecule has 0 atom stereocenters. The molecular formula is C23H39FIN5O. The highest BCUT2D eigenvalue weighted by Gasteiger charge is 2.23. The molecule has 0 saturated carbocycles. The average molecular weight is 548 g/mol. The second-order valence-corrected chi connectivity index (χ2v) is 8.63. The number of rotatable bonds is 9. The molecule has 1 saturated heterocycles. The van der Waals surface area contributed by atoms with Crippen molar-refractivity contribution in [1.82, 2.24) is 20.9 Å². The first-order valence-electron chi connectivity index (χ1n) is 11.1. The van der Waals surface area contributed by atoms with E-state index >= 15 is 0 Å². The summed E-state index contributed by atoms with van der Waals surface area (Å²) in [5.41, 5.74) is 0.677. The van der Waals surface area contributed by atoms with Gasteiger partial charge in [0.05, 0.1) is 13.1 Å². The molecule has 6 nitrogen and oxygen atoms in total. The summed E-state index contributed by atoms with van der Waals surface area (Å²) in [4.78, 5) is 18.9. The molecule has 1 aliphatic heterocycles. The van der Waals surface area contributed by atoms with Crippen LogP contribution in [0.15, 0.2) is 29.3 Å². The third kappa shape index (κ3) is 9.72. The zero-order chi connectivity index (χ0) is 22.0. The minimum Gasteiger partial charge on any atom is -0.357 e. The first kappa shape index (κ1) is 27.6. The fourth-order valence-corrected chi connectivity index (χ4v) is 3.55. The highest BCUT2D eigenvalue weighted by atomic mass is 127. The highest BCUT2D eigenvalue weighted by molar-refractivity contribution is 14.0. The molecule has 8 heteroatoms. The number of benzene rings is 1. The standard InChI is InChI=1S/C23H38FN5O.HI/c1-5-12-26-21(30)16-29-13-10-20(11-14-29)28-22(25-6-2)27-17-23(3,4)18-8-7-9-19(24)15-18;/h7-9,15,20H,5-6,10-14,16-17H2,1-4H3,(H,26,30)(H2,25,27,28);1H. The third-order valence-corrected chi connectivity index (χ3v) is 5.45. The summed E-state index contributed by atoms with van der Waals surface area (Å²) in [5.74, 6) is 0.684. The van der Waals surface area contributed by atoms with E-state index < -0.39 is 0 Å². The van der Waals surface area contributed by atoms with Gasteiger partial charge in [-0.3, -0.25) is 14.7 Å². The molecular weight excluding hydrogens is 508 g/mol. The summed E-state index contributed by atoms with van der Waals surface area (Å²) >= 11 is 0. The quantitative estimate of drug-likeness (QED) is 0.252. The number of guanidine groups is 1. The Labute approximate surface area is 203 Å². The Morgan fingerprint density at radius 3 is 2.55 bits per heavy atom. The van der Waals surface area contributed by atoms with E-state index in [9.17, 15) is 9.18 Å². The molecule has 0 radical (unpaired) electrons. The number of hydrogen-bond acceptors (Lipinski definition) is 3. The van der Waals surface area contributed by atoms with E-state index in [0.717, 1.165) is 57.0 Å². The molecule has 0 spiro atoms. The van der Waals surface area contributed by atoms with Gasteiger partial charge in [-0.1, -0.05) is 32.9 Å². The number of hydrogen-bond donors (Lipinski definition) is 3. The highest BCUT2D eigenvalue weighted by Crippen LogP contribution is 2.24. The van der Waals surface area contributed by atoms with Crippen molar-refractivity contribution >= 4 is 35.8 Å². The van der Waals surface area contributed by atoms with Crippen LogP contribution in [0.25, 0.3) is 0 Å². The third-order valence-electron chi connectivity index (χ3n) is 5.45. The van der Waals surface area contributed by atoms with Crippen molar-refractivity contribution < 1.29 is 9.18 Å². The van der Waals surface area contributed by atoms with E-state index in [1.165, 1.54) is 6.07 Å². The summed E-state index contributed by atoms with van der Waals surface area (Å²) in [6, 6.07) is 7.08.